The molecule has 0 saturated carbocycles. The highest BCUT2D eigenvalue weighted by molar-refractivity contribution is 7.93. The molecule has 0 amide bonds. The van der Waals surface area contributed by atoms with E-state index in [1.165, 1.54) is 17.5 Å². The molecule has 1 fully saturated rings. The molecule has 0 bridgehead atoms. The molecule has 0 spiro atoms. The lowest BCUT2D eigenvalue weighted by atomic mass is 10.3. The molecule has 0 aliphatic carbocycles. The Balaban J connectivity index is 1.76. The molecule has 7 nitrogen and oxygen atoms in total. The summed E-state index contributed by atoms with van der Waals surface area (Å²) in [6.07, 6.45) is 2.93. The standard InChI is InChI=1S/C12H15N5O2S2/c18-21(19,16-12-14-5-8-20-12)10-1-2-11(15-9-10)17-6-3-13-4-7-17/h1-2,5,8-9,13H,3-4,6-7H2,(H,14,16). The van der Waals surface area contributed by atoms with Gasteiger partial charge in [-0.2, -0.15) is 0 Å². The van der Waals surface area contributed by atoms with E-state index in [0.717, 1.165) is 32.0 Å². The number of piperazine rings is 1. The first kappa shape index (κ1) is 14.2. The minimum atomic E-state index is -3.63. The van der Waals surface area contributed by atoms with Crippen molar-refractivity contribution < 1.29 is 8.42 Å². The van der Waals surface area contributed by atoms with Gasteiger partial charge >= 0.3 is 0 Å². The van der Waals surface area contributed by atoms with Crippen molar-refractivity contribution in [1.82, 2.24) is 15.3 Å². The third-order valence-electron chi connectivity index (χ3n) is 3.13. The van der Waals surface area contributed by atoms with E-state index in [1.807, 2.05) is 0 Å². The fourth-order valence-electron chi connectivity index (χ4n) is 2.06. The molecule has 21 heavy (non-hydrogen) atoms. The molecule has 0 atom stereocenters. The van der Waals surface area contributed by atoms with Gasteiger partial charge in [0.05, 0.1) is 0 Å². The van der Waals surface area contributed by atoms with E-state index in [-0.39, 0.29) is 4.90 Å². The highest BCUT2D eigenvalue weighted by Gasteiger charge is 2.17. The number of hydrogen-bond acceptors (Lipinski definition) is 7. The number of anilines is 2. The van der Waals surface area contributed by atoms with E-state index in [2.05, 4.69) is 24.9 Å². The van der Waals surface area contributed by atoms with Gasteiger partial charge in [0, 0.05) is 44.0 Å². The molecule has 2 aromatic rings. The molecule has 0 aromatic carbocycles. The second kappa shape index (κ2) is 5.96. The van der Waals surface area contributed by atoms with E-state index >= 15 is 0 Å². The third kappa shape index (κ3) is 3.31. The minimum Gasteiger partial charge on any atom is -0.354 e. The molecule has 3 rings (SSSR count). The van der Waals surface area contributed by atoms with E-state index in [4.69, 9.17) is 0 Å². The van der Waals surface area contributed by atoms with Crippen LogP contribution in [0.2, 0.25) is 0 Å². The first-order valence-corrected chi connectivity index (χ1v) is 8.85. The summed E-state index contributed by atoms with van der Waals surface area (Å²) in [6.45, 7) is 3.56. The number of hydrogen-bond donors (Lipinski definition) is 2. The lowest BCUT2D eigenvalue weighted by Gasteiger charge is -2.28. The first-order valence-electron chi connectivity index (χ1n) is 6.49. The largest absolute Gasteiger partial charge is 0.354 e. The minimum absolute atomic E-state index is 0.136. The van der Waals surface area contributed by atoms with Gasteiger partial charge in [-0.15, -0.1) is 11.3 Å². The predicted octanol–water partition coefficient (Wildman–Crippen LogP) is 0.748. The maximum absolute atomic E-state index is 12.2. The molecule has 1 saturated heterocycles. The Kier molecular flexibility index (Phi) is 4.04. The molecule has 3 heterocycles. The average molecular weight is 325 g/mol. The van der Waals surface area contributed by atoms with E-state index < -0.39 is 10.0 Å². The van der Waals surface area contributed by atoms with Crippen LogP contribution >= 0.6 is 11.3 Å². The highest BCUT2D eigenvalue weighted by Crippen LogP contribution is 2.19. The summed E-state index contributed by atoms with van der Waals surface area (Å²) in [5.74, 6) is 0.796. The lowest BCUT2D eigenvalue weighted by Crippen LogP contribution is -2.43. The Morgan fingerprint density at radius 3 is 2.67 bits per heavy atom. The molecule has 0 unspecified atom stereocenters. The topological polar surface area (TPSA) is 87.2 Å². The molecular weight excluding hydrogens is 310 g/mol. The van der Waals surface area contributed by atoms with Gasteiger partial charge in [0.1, 0.15) is 10.7 Å². The van der Waals surface area contributed by atoms with Crippen molar-refractivity contribution >= 4 is 32.3 Å². The number of sulfonamides is 1. The summed E-state index contributed by atoms with van der Waals surface area (Å²) in [5.41, 5.74) is 0. The molecule has 9 heteroatoms. The summed E-state index contributed by atoms with van der Waals surface area (Å²) in [4.78, 5) is 10.4. The predicted molar refractivity (Wildman–Crippen MR) is 82.2 cm³/mol. The lowest BCUT2D eigenvalue weighted by molar-refractivity contribution is 0.584. The van der Waals surface area contributed by atoms with Crippen LogP contribution in [0.3, 0.4) is 0 Å². The Morgan fingerprint density at radius 2 is 2.05 bits per heavy atom. The van der Waals surface area contributed by atoms with Crippen molar-refractivity contribution in [2.24, 2.45) is 0 Å². The Bertz CT molecular complexity index is 679. The zero-order chi connectivity index (χ0) is 14.7. The Morgan fingerprint density at radius 1 is 1.24 bits per heavy atom. The van der Waals surface area contributed by atoms with Gasteiger partial charge in [-0.25, -0.2) is 18.4 Å². The van der Waals surface area contributed by atoms with Crippen LogP contribution in [0.1, 0.15) is 0 Å². The zero-order valence-electron chi connectivity index (χ0n) is 11.2. The number of aromatic nitrogens is 2. The number of rotatable bonds is 4. The van der Waals surface area contributed by atoms with Crippen molar-refractivity contribution in [3.8, 4) is 0 Å². The summed E-state index contributed by atoms with van der Waals surface area (Å²) < 4.78 is 26.8. The molecule has 2 aromatic heterocycles. The number of pyridine rings is 1. The average Bonchev–Trinajstić information content (AvgIpc) is 3.00. The Hall–Kier alpha value is -1.71. The molecule has 2 N–H and O–H groups in total. The van der Waals surface area contributed by atoms with Crippen molar-refractivity contribution in [2.75, 3.05) is 35.8 Å². The molecule has 112 valence electrons. The van der Waals surface area contributed by atoms with Gasteiger partial charge in [0.15, 0.2) is 5.13 Å². The van der Waals surface area contributed by atoms with Crippen molar-refractivity contribution in [2.45, 2.75) is 4.90 Å². The second-order valence-electron chi connectivity index (χ2n) is 4.53. The Labute approximate surface area is 127 Å². The van der Waals surface area contributed by atoms with E-state index in [9.17, 15) is 8.42 Å². The maximum atomic E-state index is 12.2. The summed E-state index contributed by atoms with van der Waals surface area (Å²) in [7, 11) is -3.63. The van der Waals surface area contributed by atoms with Crippen LogP contribution in [0, 0.1) is 0 Å². The van der Waals surface area contributed by atoms with Crippen molar-refractivity contribution in [3.63, 3.8) is 0 Å². The smallest absolute Gasteiger partial charge is 0.265 e. The number of thiazole rings is 1. The van der Waals surface area contributed by atoms with Crippen LogP contribution in [0.15, 0.2) is 34.8 Å². The van der Waals surface area contributed by atoms with Crippen molar-refractivity contribution in [1.29, 1.82) is 0 Å². The van der Waals surface area contributed by atoms with Gasteiger partial charge in [-0.05, 0) is 12.1 Å². The fourth-order valence-corrected chi connectivity index (χ4v) is 3.79. The quantitative estimate of drug-likeness (QED) is 0.862. The normalized spacial score (nSPS) is 15.9. The molecule has 1 aliphatic heterocycles. The SMILES string of the molecule is O=S(=O)(Nc1nccs1)c1ccc(N2CCNCC2)nc1. The zero-order valence-corrected chi connectivity index (χ0v) is 12.8. The van der Waals surface area contributed by atoms with Crippen LogP contribution < -0.4 is 14.9 Å². The molecule has 1 aliphatic rings. The van der Waals surface area contributed by atoms with E-state index in [1.54, 1.807) is 23.7 Å². The second-order valence-corrected chi connectivity index (χ2v) is 7.11. The fraction of sp³-hybridized carbons (Fsp3) is 0.333. The van der Waals surface area contributed by atoms with Crippen LogP contribution in [0.5, 0.6) is 0 Å². The van der Waals surface area contributed by atoms with Gasteiger partial charge in [-0.1, -0.05) is 0 Å². The van der Waals surface area contributed by atoms with Gasteiger partial charge in [0.2, 0.25) is 0 Å². The number of nitrogens with zero attached hydrogens (tertiary/aromatic N) is 3. The molecular formula is C12H15N5O2S2. The number of nitrogens with one attached hydrogen (secondary N) is 2. The highest BCUT2D eigenvalue weighted by atomic mass is 32.2. The van der Waals surface area contributed by atoms with Gasteiger partial charge in [-0.3, -0.25) is 4.72 Å². The van der Waals surface area contributed by atoms with Crippen LogP contribution in [0.25, 0.3) is 0 Å². The van der Waals surface area contributed by atoms with E-state index in [0.29, 0.717) is 5.13 Å². The van der Waals surface area contributed by atoms with Gasteiger partial charge < -0.3 is 10.2 Å². The first-order chi connectivity index (χ1) is 10.1. The third-order valence-corrected chi connectivity index (χ3v) is 5.27. The maximum Gasteiger partial charge on any atom is 0.265 e. The van der Waals surface area contributed by atoms with Crippen molar-refractivity contribution in [3.05, 3.63) is 29.9 Å². The molecule has 0 radical (unpaired) electrons. The van der Waals surface area contributed by atoms with Crippen LogP contribution in [0.4, 0.5) is 10.9 Å². The van der Waals surface area contributed by atoms with Gasteiger partial charge in [0.25, 0.3) is 10.0 Å². The van der Waals surface area contributed by atoms with Crippen LogP contribution in [-0.2, 0) is 10.0 Å². The summed E-state index contributed by atoms with van der Waals surface area (Å²) in [5, 5.41) is 5.32. The summed E-state index contributed by atoms with van der Waals surface area (Å²) >= 11 is 1.23. The monoisotopic (exact) mass is 325 g/mol. The van der Waals surface area contributed by atoms with Crippen LogP contribution in [-0.4, -0.2) is 44.6 Å². The summed E-state index contributed by atoms with van der Waals surface area (Å²) in [6, 6.07) is 3.31.